The van der Waals surface area contributed by atoms with Crippen LogP contribution in [0.5, 0.6) is 5.75 Å². The molecule has 11 nitrogen and oxygen atoms in total. The lowest BCUT2D eigenvalue weighted by Gasteiger charge is -2.33. The van der Waals surface area contributed by atoms with Crippen molar-refractivity contribution in [2.24, 2.45) is 5.92 Å². The van der Waals surface area contributed by atoms with Gasteiger partial charge in [-0.25, -0.2) is 4.79 Å². The van der Waals surface area contributed by atoms with Crippen molar-refractivity contribution in [3.05, 3.63) is 64.7 Å². The van der Waals surface area contributed by atoms with Crippen LogP contribution in [0, 0.1) is 19.8 Å². The standard InChI is InChI=1S/C35H47N3O8S/c1-6-43-24-14-12-23(13-15-24)17-27(37-34(42)46-28-19-45-33-25(28)11-8-16-44-33)29(39)32(41)38-20-47-35(4,5)30(38)31(40)36-18-26-21(2)9-7-10-22(26)3/h7,9-10,12-15,25,27-30,33,39H,6,8,11,16-20H2,1-5H3,(H,36,40)(H,37,42)/t25-,27-,28-,29-,30+,33+/m0/s1. The molecule has 12 heteroatoms. The van der Waals surface area contributed by atoms with Gasteiger partial charge in [-0.05, 0) is 88.3 Å². The molecular weight excluding hydrogens is 622 g/mol. The summed E-state index contributed by atoms with van der Waals surface area (Å²) in [5.41, 5.74) is 3.94. The highest BCUT2D eigenvalue weighted by molar-refractivity contribution is 8.00. The summed E-state index contributed by atoms with van der Waals surface area (Å²) < 4.78 is 22.0. The summed E-state index contributed by atoms with van der Waals surface area (Å²) >= 11 is 1.47. The number of aryl methyl sites for hydroxylation is 2. The molecule has 3 aliphatic rings. The van der Waals surface area contributed by atoms with E-state index in [1.807, 2.05) is 65.0 Å². The molecule has 3 saturated heterocycles. The number of amides is 3. The van der Waals surface area contributed by atoms with Crippen LogP contribution in [0.4, 0.5) is 4.79 Å². The third kappa shape index (κ3) is 8.22. The lowest BCUT2D eigenvalue weighted by Crippen LogP contribution is -2.58. The minimum atomic E-state index is -1.65. The topological polar surface area (TPSA) is 136 Å². The van der Waals surface area contributed by atoms with Crippen molar-refractivity contribution in [3.63, 3.8) is 0 Å². The van der Waals surface area contributed by atoms with E-state index in [0.29, 0.717) is 25.5 Å². The predicted octanol–water partition coefficient (Wildman–Crippen LogP) is 3.85. The third-order valence-corrected chi connectivity index (χ3v) is 10.6. The van der Waals surface area contributed by atoms with Gasteiger partial charge in [-0.2, -0.15) is 0 Å². The SMILES string of the molecule is CCOc1ccc(C[C@H](NC(=O)O[C@H]2CO[C@H]3OCCC[C@H]32)[C@H](O)C(=O)N2CSC(C)(C)[C@H]2C(=O)NCc2c(C)cccc2C)cc1. The van der Waals surface area contributed by atoms with Crippen LogP contribution < -0.4 is 15.4 Å². The van der Waals surface area contributed by atoms with Gasteiger partial charge in [0.1, 0.15) is 17.9 Å². The molecule has 3 heterocycles. The highest BCUT2D eigenvalue weighted by Gasteiger charge is 2.50. The fraction of sp³-hybridized carbons (Fsp3) is 0.571. The molecule has 3 aliphatic heterocycles. The number of hydrogen-bond acceptors (Lipinski definition) is 9. The summed E-state index contributed by atoms with van der Waals surface area (Å²) in [5.74, 6) is -0.112. The molecule has 0 saturated carbocycles. The van der Waals surface area contributed by atoms with Crippen LogP contribution in [0.3, 0.4) is 0 Å². The maximum Gasteiger partial charge on any atom is 0.407 e. The number of nitrogens with one attached hydrogen (secondary N) is 2. The zero-order valence-corrected chi connectivity index (χ0v) is 28.6. The van der Waals surface area contributed by atoms with Crippen LogP contribution in [0.15, 0.2) is 42.5 Å². The zero-order chi connectivity index (χ0) is 33.7. The Kier molecular flexibility index (Phi) is 11.4. The number of aliphatic hydroxyl groups excluding tert-OH is 1. The number of carbonyl (C=O) groups excluding carboxylic acids is 3. The van der Waals surface area contributed by atoms with E-state index in [4.69, 9.17) is 18.9 Å². The predicted molar refractivity (Wildman–Crippen MR) is 178 cm³/mol. The van der Waals surface area contributed by atoms with E-state index in [9.17, 15) is 19.5 Å². The number of aliphatic hydroxyl groups is 1. The number of alkyl carbamates (subject to hydrolysis) is 1. The summed E-state index contributed by atoms with van der Waals surface area (Å²) in [6.45, 7) is 11.4. The second kappa shape index (κ2) is 15.3. The van der Waals surface area contributed by atoms with Crippen molar-refractivity contribution in [1.82, 2.24) is 15.5 Å². The third-order valence-electron chi connectivity index (χ3n) is 9.26. The van der Waals surface area contributed by atoms with Crippen LogP contribution in [-0.2, 0) is 36.8 Å². The molecule has 47 heavy (non-hydrogen) atoms. The summed E-state index contributed by atoms with van der Waals surface area (Å²) in [5, 5.41) is 17.4. The van der Waals surface area contributed by atoms with Crippen LogP contribution in [0.2, 0.25) is 0 Å². The number of nitrogens with zero attached hydrogens (tertiary/aromatic N) is 1. The van der Waals surface area contributed by atoms with Crippen LogP contribution >= 0.6 is 11.8 Å². The first kappa shape index (κ1) is 35.0. The number of benzene rings is 2. The van der Waals surface area contributed by atoms with Gasteiger partial charge in [0, 0.05) is 23.8 Å². The van der Waals surface area contributed by atoms with E-state index < -0.39 is 47.3 Å². The summed E-state index contributed by atoms with van der Waals surface area (Å²) in [7, 11) is 0. The minimum absolute atomic E-state index is 0.0720. The minimum Gasteiger partial charge on any atom is -0.494 e. The van der Waals surface area contributed by atoms with Crippen LogP contribution in [-0.4, -0.2) is 88.9 Å². The van der Waals surface area contributed by atoms with Crippen LogP contribution in [0.1, 0.15) is 55.9 Å². The van der Waals surface area contributed by atoms with Gasteiger partial charge in [-0.1, -0.05) is 30.3 Å². The summed E-state index contributed by atoms with van der Waals surface area (Å²) in [6, 6.07) is 11.4. The molecule has 3 fully saturated rings. The summed E-state index contributed by atoms with van der Waals surface area (Å²) in [6.07, 6.45) is -1.51. The quantitative estimate of drug-likeness (QED) is 0.326. The Morgan fingerprint density at radius 1 is 1.11 bits per heavy atom. The maximum atomic E-state index is 14.0. The number of fused-ring (bicyclic) bond motifs is 1. The fourth-order valence-electron chi connectivity index (χ4n) is 6.61. The average molecular weight is 670 g/mol. The van der Waals surface area contributed by atoms with Gasteiger partial charge in [0.25, 0.3) is 5.91 Å². The molecule has 0 aromatic heterocycles. The van der Waals surface area contributed by atoms with Crippen molar-refractivity contribution in [2.45, 2.75) is 95.8 Å². The first-order valence-corrected chi connectivity index (χ1v) is 17.3. The molecule has 6 atom stereocenters. The molecule has 5 rings (SSSR count). The van der Waals surface area contributed by atoms with E-state index in [1.165, 1.54) is 16.7 Å². The molecule has 0 unspecified atom stereocenters. The number of carbonyl (C=O) groups is 3. The second-order valence-corrected chi connectivity index (χ2v) is 14.6. The first-order valence-electron chi connectivity index (χ1n) is 16.4. The first-order chi connectivity index (χ1) is 22.5. The van der Waals surface area contributed by atoms with E-state index in [-0.39, 0.29) is 30.7 Å². The zero-order valence-electron chi connectivity index (χ0n) is 27.8. The number of hydrogen-bond donors (Lipinski definition) is 3. The molecule has 3 amide bonds. The highest BCUT2D eigenvalue weighted by Crippen LogP contribution is 2.40. The van der Waals surface area contributed by atoms with Crippen LogP contribution in [0.25, 0.3) is 0 Å². The Balaban J connectivity index is 1.31. The highest BCUT2D eigenvalue weighted by atomic mass is 32.2. The van der Waals surface area contributed by atoms with Gasteiger partial charge in [0.2, 0.25) is 5.91 Å². The Bertz CT molecular complexity index is 1400. The molecule has 3 N–H and O–H groups in total. The normalized spacial score (nSPS) is 24.6. The smallest absolute Gasteiger partial charge is 0.407 e. The fourth-order valence-corrected chi connectivity index (χ4v) is 7.75. The van der Waals surface area contributed by atoms with Crippen molar-refractivity contribution in [3.8, 4) is 5.75 Å². The van der Waals surface area contributed by atoms with E-state index in [0.717, 1.165) is 35.1 Å². The Labute approximate surface area is 281 Å². The van der Waals surface area contributed by atoms with Crippen molar-refractivity contribution < 1.29 is 38.4 Å². The largest absolute Gasteiger partial charge is 0.494 e. The van der Waals surface area contributed by atoms with Crippen molar-refractivity contribution in [1.29, 1.82) is 0 Å². The monoisotopic (exact) mass is 669 g/mol. The van der Waals surface area contributed by atoms with Gasteiger partial charge in [-0.15, -0.1) is 11.8 Å². The Morgan fingerprint density at radius 3 is 2.53 bits per heavy atom. The van der Waals surface area contributed by atoms with Gasteiger partial charge in [0.15, 0.2) is 12.4 Å². The van der Waals surface area contributed by atoms with E-state index >= 15 is 0 Å². The van der Waals surface area contributed by atoms with Crippen molar-refractivity contribution in [2.75, 3.05) is 25.7 Å². The van der Waals surface area contributed by atoms with E-state index in [1.54, 1.807) is 12.1 Å². The number of rotatable bonds is 11. The molecule has 0 radical (unpaired) electrons. The lowest BCUT2D eigenvalue weighted by atomic mass is 9.96. The molecule has 0 aliphatic carbocycles. The van der Waals surface area contributed by atoms with Gasteiger partial charge < -0.3 is 39.6 Å². The van der Waals surface area contributed by atoms with Gasteiger partial charge in [0.05, 0.1) is 25.1 Å². The lowest BCUT2D eigenvalue weighted by molar-refractivity contribution is -0.152. The maximum absolute atomic E-state index is 14.0. The molecule has 2 aromatic rings. The van der Waals surface area contributed by atoms with Gasteiger partial charge in [-0.3, -0.25) is 9.59 Å². The Hall–Kier alpha value is -3.32. The summed E-state index contributed by atoms with van der Waals surface area (Å²) in [4.78, 5) is 42.4. The second-order valence-electron chi connectivity index (χ2n) is 13.0. The molecule has 256 valence electrons. The van der Waals surface area contributed by atoms with E-state index in [2.05, 4.69) is 10.6 Å². The molecule has 0 bridgehead atoms. The number of ether oxygens (including phenoxy) is 4. The average Bonchev–Trinajstić information content (AvgIpc) is 3.60. The van der Waals surface area contributed by atoms with Gasteiger partial charge >= 0.3 is 6.09 Å². The Morgan fingerprint density at radius 2 is 1.83 bits per heavy atom. The van der Waals surface area contributed by atoms with Crippen molar-refractivity contribution >= 4 is 29.7 Å². The molecular formula is C35H47N3O8S. The molecule has 0 spiro atoms. The number of thioether (sulfide) groups is 1. The molecule has 2 aromatic carbocycles.